The van der Waals surface area contributed by atoms with Gasteiger partial charge in [-0.05, 0) is 12.5 Å². The fourth-order valence-corrected chi connectivity index (χ4v) is 3.31. The van der Waals surface area contributed by atoms with E-state index in [0.29, 0.717) is 32.5 Å². The van der Waals surface area contributed by atoms with Crippen molar-refractivity contribution in [3.63, 3.8) is 0 Å². The molecule has 1 aromatic heterocycles. The first-order chi connectivity index (χ1) is 12.6. The number of nitrogens with one attached hydrogen (secondary N) is 1. The van der Waals surface area contributed by atoms with Crippen LogP contribution >= 0.6 is 0 Å². The molecule has 1 atom stereocenters. The van der Waals surface area contributed by atoms with Crippen molar-refractivity contribution in [1.82, 2.24) is 19.8 Å². The van der Waals surface area contributed by atoms with Gasteiger partial charge in [0.25, 0.3) is 0 Å². The number of aromatic nitrogens is 2. The van der Waals surface area contributed by atoms with Gasteiger partial charge in [0.05, 0.1) is 19.6 Å². The van der Waals surface area contributed by atoms with Gasteiger partial charge in [-0.2, -0.15) is 0 Å². The van der Waals surface area contributed by atoms with E-state index in [1.165, 1.54) is 0 Å². The molecule has 0 radical (unpaired) electrons. The lowest BCUT2D eigenvalue weighted by Gasteiger charge is -2.34. The number of likely N-dealkylation sites (tertiary alicyclic amines) is 1. The average Bonchev–Trinajstić information content (AvgIpc) is 3.16. The highest BCUT2D eigenvalue weighted by Gasteiger charge is 2.32. The van der Waals surface area contributed by atoms with Crippen LogP contribution < -0.4 is 4.74 Å². The summed E-state index contributed by atoms with van der Waals surface area (Å²) >= 11 is 0. The molecule has 0 bridgehead atoms. The van der Waals surface area contributed by atoms with Crippen LogP contribution in [0.1, 0.15) is 24.2 Å². The minimum absolute atomic E-state index is 0.0407. The van der Waals surface area contributed by atoms with E-state index < -0.39 is 0 Å². The molecule has 7 heteroatoms. The average molecular weight is 356 g/mol. The van der Waals surface area contributed by atoms with Gasteiger partial charge >= 0.3 is 0 Å². The lowest BCUT2D eigenvalue weighted by molar-refractivity contribution is -0.143. The fraction of sp³-hybridized carbons (Fsp3) is 0.421. The number of H-pyrrole nitrogens is 1. The van der Waals surface area contributed by atoms with Gasteiger partial charge in [0.15, 0.2) is 0 Å². The molecule has 2 heterocycles. The molecule has 3 rings (SSSR count). The lowest BCUT2D eigenvalue weighted by atomic mass is 9.95. The molecule has 26 heavy (non-hydrogen) atoms. The van der Waals surface area contributed by atoms with E-state index in [1.807, 2.05) is 24.3 Å². The van der Waals surface area contributed by atoms with Gasteiger partial charge in [-0.15, -0.1) is 0 Å². The van der Waals surface area contributed by atoms with Crippen molar-refractivity contribution in [2.75, 3.05) is 20.7 Å². The monoisotopic (exact) mass is 356 g/mol. The summed E-state index contributed by atoms with van der Waals surface area (Å²) < 4.78 is 5.37. The van der Waals surface area contributed by atoms with E-state index in [4.69, 9.17) is 4.74 Å². The molecule has 7 nitrogen and oxygen atoms in total. The Hall–Kier alpha value is -2.83. The second-order valence-corrected chi connectivity index (χ2v) is 6.55. The molecule has 2 amide bonds. The predicted octanol–water partition coefficient (Wildman–Crippen LogP) is 1.82. The van der Waals surface area contributed by atoms with E-state index in [9.17, 15) is 9.59 Å². The number of ether oxygens (including phenoxy) is 1. The second-order valence-electron chi connectivity index (χ2n) is 6.55. The third-order valence-electron chi connectivity index (χ3n) is 4.72. The summed E-state index contributed by atoms with van der Waals surface area (Å²) in [5.41, 5.74) is 0.945. The minimum Gasteiger partial charge on any atom is -0.496 e. The summed E-state index contributed by atoms with van der Waals surface area (Å²) in [6, 6.07) is 7.65. The van der Waals surface area contributed by atoms with Gasteiger partial charge in [0, 0.05) is 44.5 Å². The first-order valence-electron chi connectivity index (χ1n) is 8.71. The maximum Gasteiger partial charge on any atom is 0.227 e. The number of hydrogen-bond acceptors (Lipinski definition) is 4. The van der Waals surface area contributed by atoms with Crippen molar-refractivity contribution in [3.8, 4) is 5.75 Å². The van der Waals surface area contributed by atoms with Crippen LogP contribution in [0.15, 0.2) is 36.7 Å². The topological polar surface area (TPSA) is 78.5 Å². The van der Waals surface area contributed by atoms with E-state index in [2.05, 4.69) is 9.97 Å². The number of amides is 2. The zero-order chi connectivity index (χ0) is 18.5. The van der Waals surface area contributed by atoms with Crippen LogP contribution in [-0.2, 0) is 22.7 Å². The summed E-state index contributed by atoms with van der Waals surface area (Å²) in [7, 11) is 3.39. The number of para-hydroxylation sites is 1. The molecule has 1 saturated heterocycles. The summed E-state index contributed by atoms with van der Waals surface area (Å²) in [4.78, 5) is 35.7. The summed E-state index contributed by atoms with van der Waals surface area (Å²) in [5, 5.41) is 0. The highest BCUT2D eigenvalue weighted by Crippen LogP contribution is 2.25. The zero-order valence-electron chi connectivity index (χ0n) is 15.1. The van der Waals surface area contributed by atoms with Crippen LogP contribution in [-0.4, -0.2) is 52.3 Å². The normalized spacial score (nSPS) is 17.2. The van der Waals surface area contributed by atoms with Crippen molar-refractivity contribution in [3.05, 3.63) is 48.0 Å². The molecule has 0 aliphatic carbocycles. The number of nitrogens with zero attached hydrogens (tertiary/aromatic N) is 3. The van der Waals surface area contributed by atoms with Crippen LogP contribution in [0.5, 0.6) is 5.75 Å². The Morgan fingerprint density at radius 1 is 1.42 bits per heavy atom. The van der Waals surface area contributed by atoms with Crippen LogP contribution in [0, 0.1) is 5.92 Å². The maximum atomic E-state index is 12.8. The summed E-state index contributed by atoms with van der Waals surface area (Å²) in [6.45, 7) is 1.32. The van der Waals surface area contributed by atoms with Crippen molar-refractivity contribution in [2.24, 2.45) is 5.92 Å². The Balaban J connectivity index is 1.65. The Morgan fingerprint density at radius 2 is 2.23 bits per heavy atom. The molecule has 1 aromatic carbocycles. The molecule has 1 fully saturated rings. The van der Waals surface area contributed by atoms with Gasteiger partial charge in [-0.3, -0.25) is 9.59 Å². The lowest BCUT2D eigenvalue weighted by Crippen LogP contribution is -2.45. The maximum absolute atomic E-state index is 12.8. The third kappa shape index (κ3) is 4.04. The van der Waals surface area contributed by atoms with Crippen LogP contribution in [0.25, 0.3) is 0 Å². The Bertz CT molecular complexity index is 760. The van der Waals surface area contributed by atoms with Gasteiger partial charge in [-0.1, -0.05) is 18.2 Å². The van der Waals surface area contributed by atoms with E-state index in [-0.39, 0.29) is 17.7 Å². The predicted molar refractivity (Wildman–Crippen MR) is 96.2 cm³/mol. The van der Waals surface area contributed by atoms with E-state index in [1.54, 1.807) is 36.4 Å². The molecule has 0 unspecified atom stereocenters. The van der Waals surface area contributed by atoms with Gasteiger partial charge < -0.3 is 19.5 Å². The number of methoxy groups -OCH3 is 1. The molecular weight excluding hydrogens is 332 g/mol. The number of imidazole rings is 1. The molecule has 1 N–H and O–H groups in total. The number of rotatable bonds is 6. The van der Waals surface area contributed by atoms with E-state index in [0.717, 1.165) is 17.1 Å². The zero-order valence-corrected chi connectivity index (χ0v) is 15.1. The van der Waals surface area contributed by atoms with Crippen LogP contribution in [0.3, 0.4) is 0 Å². The molecule has 0 saturated carbocycles. The largest absolute Gasteiger partial charge is 0.496 e. The Labute approximate surface area is 153 Å². The molecular formula is C19H24N4O3. The SMILES string of the molecule is COc1ccccc1CN1C[C@H](C(=O)N(C)Cc2ncc[nH]2)CCC1=O. The van der Waals surface area contributed by atoms with Crippen molar-refractivity contribution >= 4 is 11.8 Å². The number of carbonyl (C=O) groups is 2. The van der Waals surface area contributed by atoms with Gasteiger partial charge in [0.2, 0.25) is 11.8 Å². The Morgan fingerprint density at radius 3 is 2.96 bits per heavy atom. The Kier molecular flexibility index (Phi) is 5.55. The van der Waals surface area contributed by atoms with Crippen LogP contribution in [0.4, 0.5) is 0 Å². The molecule has 138 valence electrons. The van der Waals surface area contributed by atoms with E-state index >= 15 is 0 Å². The number of carbonyl (C=O) groups excluding carboxylic acids is 2. The molecule has 0 spiro atoms. The van der Waals surface area contributed by atoms with Crippen molar-refractivity contribution < 1.29 is 14.3 Å². The summed E-state index contributed by atoms with van der Waals surface area (Å²) in [6.07, 6.45) is 4.38. The smallest absolute Gasteiger partial charge is 0.227 e. The first kappa shape index (κ1) is 18.0. The number of piperidine rings is 1. The first-order valence-corrected chi connectivity index (χ1v) is 8.71. The second kappa shape index (κ2) is 8.03. The standard InChI is InChI=1S/C19H24N4O3/c1-22(13-17-20-9-10-21-17)19(25)15-7-8-18(24)23(12-15)11-14-5-3-4-6-16(14)26-2/h3-6,9-10,15H,7-8,11-13H2,1-2H3,(H,20,21)/t15-/m1/s1. The van der Waals surface area contributed by atoms with Crippen molar-refractivity contribution in [1.29, 1.82) is 0 Å². The van der Waals surface area contributed by atoms with Gasteiger partial charge in [-0.25, -0.2) is 4.98 Å². The number of aromatic amines is 1. The fourth-order valence-electron chi connectivity index (χ4n) is 3.31. The van der Waals surface area contributed by atoms with Gasteiger partial charge in [0.1, 0.15) is 11.6 Å². The number of benzene rings is 1. The molecule has 1 aliphatic heterocycles. The highest BCUT2D eigenvalue weighted by molar-refractivity contribution is 5.83. The quantitative estimate of drug-likeness (QED) is 0.856. The minimum atomic E-state index is -0.192. The number of hydrogen-bond donors (Lipinski definition) is 1. The highest BCUT2D eigenvalue weighted by atomic mass is 16.5. The van der Waals surface area contributed by atoms with Crippen molar-refractivity contribution in [2.45, 2.75) is 25.9 Å². The summed E-state index contributed by atoms with van der Waals surface area (Å²) in [5.74, 6) is 1.43. The molecule has 1 aliphatic rings. The van der Waals surface area contributed by atoms with Crippen LogP contribution in [0.2, 0.25) is 0 Å². The third-order valence-corrected chi connectivity index (χ3v) is 4.72. The molecule has 2 aromatic rings.